The summed E-state index contributed by atoms with van der Waals surface area (Å²) in [6, 6.07) is 13.9. The van der Waals surface area contributed by atoms with Crippen LogP contribution in [0.15, 0.2) is 59.0 Å². The van der Waals surface area contributed by atoms with Gasteiger partial charge in [0.1, 0.15) is 24.0 Å². The number of nitrogen functional groups attached to an aromatic ring is 1. The maximum absolute atomic E-state index is 13.5. The largest absolute Gasteiger partial charge is 0.489 e. The molecule has 0 radical (unpaired) electrons. The number of hydrazone groups is 1. The number of nitrogens with two attached hydrogens (primary N) is 1. The van der Waals surface area contributed by atoms with Crippen molar-refractivity contribution in [1.82, 2.24) is 4.98 Å². The second kappa shape index (κ2) is 7.56. The van der Waals surface area contributed by atoms with E-state index >= 15 is 0 Å². The summed E-state index contributed by atoms with van der Waals surface area (Å²) in [4.78, 5) is 4.04. The highest BCUT2D eigenvalue weighted by Crippen LogP contribution is 2.17. The summed E-state index contributed by atoms with van der Waals surface area (Å²) >= 11 is 1.38. The number of hydrogen-bond donors (Lipinski definition) is 2. The van der Waals surface area contributed by atoms with Crippen LogP contribution >= 0.6 is 11.3 Å². The number of nitrogens with one attached hydrogen (secondary N) is 1. The van der Waals surface area contributed by atoms with Crippen LogP contribution in [0.1, 0.15) is 11.1 Å². The molecule has 1 aromatic heterocycles. The van der Waals surface area contributed by atoms with E-state index in [-0.39, 0.29) is 12.4 Å². The Bertz CT molecular complexity index is 833. The van der Waals surface area contributed by atoms with Crippen LogP contribution in [-0.2, 0) is 6.61 Å². The van der Waals surface area contributed by atoms with Gasteiger partial charge in [0.15, 0.2) is 0 Å². The van der Waals surface area contributed by atoms with Crippen molar-refractivity contribution in [3.05, 3.63) is 70.9 Å². The number of hydrogen-bond acceptors (Lipinski definition) is 6. The van der Waals surface area contributed by atoms with Gasteiger partial charge in [-0.1, -0.05) is 18.2 Å². The molecule has 0 saturated carbocycles. The predicted octanol–water partition coefficient (Wildman–Crippen LogP) is 3.89. The first kappa shape index (κ1) is 15.9. The standard InChI is InChI=1S/C17H15FN4OS/c18-15-4-2-1-3-13(15)10-23-14-7-5-12(6-8-14)9-20-22-17-21-16(19)11-24-17/h1-9,11H,10,19H2,(H,21,22). The van der Waals surface area contributed by atoms with Crippen molar-refractivity contribution in [2.24, 2.45) is 5.10 Å². The lowest BCUT2D eigenvalue weighted by Gasteiger charge is -2.07. The second-order valence-electron chi connectivity index (χ2n) is 4.90. The van der Waals surface area contributed by atoms with Gasteiger partial charge in [0.2, 0.25) is 5.13 Å². The van der Waals surface area contributed by atoms with Crippen LogP contribution < -0.4 is 15.9 Å². The first-order valence-electron chi connectivity index (χ1n) is 7.17. The highest BCUT2D eigenvalue weighted by atomic mass is 32.1. The molecule has 0 saturated heterocycles. The van der Waals surface area contributed by atoms with Gasteiger partial charge in [0.05, 0.1) is 6.21 Å². The molecule has 0 bridgehead atoms. The number of ether oxygens (including phenoxy) is 1. The summed E-state index contributed by atoms with van der Waals surface area (Å²) in [6.07, 6.45) is 1.66. The number of thiazole rings is 1. The second-order valence-corrected chi connectivity index (χ2v) is 5.75. The van der Waals surface area contributed by atoms with Crippen LogP contribution in [-0.4, -0.2) is 11.2 Å². The minimum atomic E-state index is -0.268. The molecule has 122 valence electrons. The molecule has 1 heterocycles. The molecule has 0 atom stereocenters. The Morgan fingerprint density at radius 1 is 1.21 bits per heavy atom. The first-order chi connectivity index (χ1) is 11.7. The first-order valence-corrected chi connectivity index (χ1v) is 8.05. The van der Waals surface area contributed by atoms with Crippen molar-refractivity contribution in [3.63, 3.8) is 0 Å². The fourth-order valence-corrected chi connectivity index (χ4v) is 2.47. The van der Waals surface area contributed by atoms with E-state index in [1.807, 2.05) is 24.3 Å². The Labute approximate surface area is 142 Å². The molecule has 0 unspecified atom stereocenters. The van der Waals surface area contributed by atoms with E-state index in [0.717, 1.165) is 5.56 Å². The molecular formula is C17H15FN4OS. The van der Waals surface area contributed by atoms with Gasteiger partial charge in [0, 0.05) is 10.9 Å². The van der Waals surface area contributed by atoms with Crippen molar-refractivity contribution in [1.29, 1.82) is 0 Å². The maximum atomic E-state index is 13.5. The average Bonchev–Trinajstić information content (AvgIpc) is 3.01. The molecule has 0 amide bonds. The molecule has 24 heavy (non-hydrogen) atoms. The van der Waals surface area contributed by atoms with E-state index in [0.29, 0.717) is 22.3 Å². The Hall–Kier alpha value is -2.93. The Morgan fingerprint density at radius 3 is 2.71 bits per heavy atom. The third-order valence-corrected chi connectivity index (χ3v) is 3.89. The van der Waals surface area contributed by atoms with Crippen LogP contribution in [0, 0.1) is 5.82 Å². The van der Waals surface area contributed by atoms with Gasteiger partial charge in [-0.25, -0.2) is 9.37 Å². The van der Waals surface area contributed by atoms with Gasteiger partial charge in [-0.3, -0.25) is 5.43 Å². The van der Waals surface area contributed by atoms with Gasteiger partial charge in [-0.15, -0.1) is 11.3 Å². The molecule has 5 nitrogen and oxygen atoms in total. The molecule has 3 N–H and O–H groups in total. The van der Waals surface area contributed by atoms with Gasteiger partial charge < -0.3 is 10.5 Å². The van der Waals surface area contributed by atoms with E-state index in [1.165, 1.54) is 17.4 Å². The Morgan fingerprint density at radius 2 is 2.00 bits per heavy atom. The highest BCUT2D eigenvalue weighted by molar-refractivity contribution is 7.14. The molecule has 0 aliphatic carbocycles. The topological polar surface area (TPSA) is 72.5 Å². The van der Waals surface area contributed by atoms with Crippen molar-refractivity contribution >= 4 is 28.5 Å². The lowest BCUT2D eigenvalue weighted by atomic mass is 10.2. The number of benzene rings is 2. The van der Waals surface area contributed by atoms with E-state index in [1.54, 1.807) is 29.8 Å². The average molecular weight is 342 g/mol. The predicted molar refractivity (Wildman–Crippen MR) is 94.9 cm³/mol. The fraction of sp³-hybridized carbons (Fsp3) is 0.0588. The van der Waals surface area contributed by atoms with Crippen LogP contribution in [0.3, 0.4) is 0 Å². The van der Waals surface area contributed by atoms with Crippen LogP contribution in [0.2, 0.25) is 0 Å². The van der Waals surface area contributed by atoms with E-state index in [4.69, 9.17) is 10.5 Å². The van der Waals surface area contributed by atoms with Crippen LogP contribution in [0.25, 0.3) is 0 Å². The summed E-state index contributed by atoms with van der Waals surface area (Å²) < 4.78 is 19.1. The van der Waals surface area contributed by atoms with E-state index < -0.39 is 0 Å². The molecule has 3 aromatic rings. The quantitative estimate of drug-likeness (QED) is 0.526. The summed E-state index contributed by atoms with van der Waals surface area (Å²) in [6.45, 7) is 0.188. The molecule has 3 rings (SSSR count). The lowest BCUT2D eigenvalue weighted by Crippen LogP contribution is -1.98. The smallest absolute Gasteiger partial charge is 0.205 e. The monoisotopic (exact) mass is 342 g/mol. The third-order valence-electron chi connectivity index (χ3n) is 3.13. The van der Waals surface area contributed by atoms with Crippen molar-refractivity contribution < 1.29 is 9.13 Å². The van der Waals surface area contributed by atoms with E-state index in [9.17, 15) is 4.39 Å². The number of anilines is 2. The molecule has 0 aliphatic rings. The lowest BCUT2D eigenvalue weighted by molar-refractivity contribution is 0.300. The van der Waals surface area contributed by atoms with Crippen molar-refractivity contribution in [2.45, 2.75) is 6.61 Å². The van der Waals surface area contributed by atoms with Crippen molar-refractivity contribution in [2.75, 3.05) is 11.2 Å². The molecule has 2 aromatic carbocycles. The van der Waals surface area contributed by atoms with Crippen molar-refractivity contribution in [3.8, 4) is 5.75 Å². The summed E-state index contributed by atoms with van der Waals surface area (Å²) in [5.74, 6) is 0.861. The van der Waals surface area contributed by atoms with Crippen LogP contribution in [0.4, 0.5) is 15.3 Å². The van der Waals surface area contributed by atoms with Gasteiger partial charge >= 0.3 is 0 Å². The van der Waals surface area contributed by atoms with E-state index in [2.05, 4.69) is 15.5 Å². The summed E-state index contributed by atoms with van der Waals surface area (Å²) in [7, 11) is 0. The molecule has 0 fully saturated rings. The highest BCUT2D eigenvalue weighted by Gasteiger charge is 2.01. The zero-order chi connectivity index (χ0) is 16.8. The molecule has 0 spiro atoms. The number of halogens is 1. The fourth-order valence-electron chi connectivity index (χ4n) is 1.93. The normalized spacial score (nSPS) is 10.9. The van der Waals surface area contributed by atoms with Gasteiger partial charge in [0.25, 0.3) is 0 Å². The molecule has 7 heteroatoms. The third kappa shape index (κ3) is 4.30. The summed E-state index contributed by atoms with van der Waals surface area (Å²) in [5.41, 5.74) is 9.75. The number of aromatic nitrogens is 1. The zero-order valence-electron chi connectivity index (χ0n) is 12.6. The molecule has 0 aliphatic heterocycles. The number of rotatable bonds is 6. The minimum absolute atomic E-state index is 0.188. The Kier molecular flexibility index (Phi) is 5.02. The minimum Gasteiger partial charge on any atom is -0.489 e. The summed E-state index contributed by atoms with van der Waals surface area (Å²) in [5, 5.41) is 6.46. The van der Waals surface area contributed by atoms with Gasteiger partial charge in [-0.05, 0) is 35.9 Å². The van der Waals surface area contributed by atoms with Gasteiger partial charge in [-0.2, -0.15) is 5.10 Å². The SMILES string of the molecule is Nc1csc(NN=Cc2ccc(OCc3ccccc3F)cc2)n1. The number of nitrogens with zero attached hydrogens (tertiary/aromatic N) is 2. The maximum Gasteiger partial charge on any atom is 0.205 e. The zero-order valence-corrected chi connectivity index (χ0v) is 13.5. The molecular weight excluding hydrogens is 327 g/mol. The Balaban J connectivity index is 1.54. The van der Waals surface area contributed by atoms with Crippen LogP contribution in [0.5, 0.6) is 5.75 Å².